The van der Waals surface area contributed by atoms with Gasteiger partial charge >= 0.3 is 11.9 Å². The van der Waals surface area contributed by atoms with E-state index in [2.05, 4.69) is 98.9 Å². The lowest BCUT2D eigenvalue weighted by Crippen LogP contribution is -2.28. The Hall–Kier alpha value is -2.92. The molecule has 0 heterocycles. The van der Waals surface area contributed by atoms with Crippen molar-refractivity contribution in [1.82, 2.24) is 0 Å². The molecule has 0 saturated carbocycles. The van der Waals surface area contributed by atoms with Crippen LogP contribution in [0.4, 0.5) is 0 Å². The Morgan fingerprint density at radius 2 is 0.672 bits per heavy atom. The maximum Gasteiger partial charge on any atom is 0.306 e. The van der Waals surface area contributed by atoms with E-state index < -0.39 is 6.10 Å². The van der Waals surface area contributed by atoms with Crippen LogP contribution in [0.15, 0.2) is 85.1 Å². The predicted molar refractivity (Wildman–Crippen MR) is 279 cm³/mol. The minimum absolute atomic E-state index is 0.0731. The number of esters is 2. The van der Waals surface area contributed by atoms with E-state index in [1.54, 1.807) is 0 Å². The summed E-state index contributed by atoms with van der Waals surface area (Å²) in [6.45, 7) is 3.96. The second-order valence-corrected chi connectivity index (χ2v) is 17.9. The molecular weight excluding hydrogens is 789 g/mol. The van der Waals surface area contributed by atoms with E-state index in [1.807, 2.05) is 0 Å². The Labute approximate surface area is 396 Å². The van der Waals surface area contributed by atoms with Crippen molar-refractivity contribution in [2.24, 2.45) is 0 Å². The second-order valence-electron chi connectivity index (χ2n) is 17.9. The van der Waals surface area contributed by atoms with Crippen molar-refractivity contribution < 1.29 is 24.2 Å². The van der Waals surface area contributed by atoms with E-state index in [0.29, 0.717) is 12.8 Å². The number of unbranched alkanes of at least 4 members (excludes halogenated alkanes) is 27. The summed E-state index contributed by atoms with van der Waals surface area (Å²) in [6, 6.07) is 0. The van der Waals surface area contributed by atoms with E-state index in [1.165, 1.54) is 141 Å². The molecule has 0 radical (unpaired) electrons. The van der Waals surface area contributed by atoms with Gasteiger partial charge in [0.05, 0.1) is 6.61 Å². The largest absolute Gasteiger partial charge is 0.462 e. The molecule has 0 aliphatic heterocycles. The standard InChI is InChI=1S/C59H102O5/c1-3-5-7-9-11-13-15-17-18-19-20-21-22-23-24-25-26-27-28-29-30-31-32-33-34-35-36-37-38-39-40-42-44-46-48-50-52-54-59(62)64-57(55-60)56-63-58(61)53-51-49-47-45-43-41-16-14-12-10-8-6-4-2/h5,7-8,10-11,13-14,16-18,20-21,23-24,57,60H,3-4,6,9,12,15,19,22,25-56H2,1-2H3/b7-5-,10-8-,13-11-,16-14-,18-17-,21-20-,24-23-. The number of aliphatic hydroxyl groups is 1. The molecule has 0 spiro atoms. The van der Waals surface area contributed by atoms with Crippen molar-refractivity contribution in [1.29, 1.82) is 0 Å². The van der Waals surface area contributed by atoms with Gasteiger partial charge in [-0.1, -0.05) is 247 Å². The number of allylic oxidation sites excluding steroid dienone is 14. The predicted octanol–water partition coefficient (Wildman–Crippen LogP) is 18.2. The number of carbonyl (C=O) groups is 2. The molecule has 1 unspecified atom stereocenters. The van der Waals surface area contributed by atoms with Crippen LogP contribution >= 0.6 is 0 Å². The summed E-state index contributed by atoms with van der Waals surface area (Å²) in [4.78, 5) is 24.4. The van der Waals surface area contributed by atoms with Crippen LogP contribution in [-0.2, 0) is 19.1 Å². The van der Waals surface area contributed by atoms with Crippen LogP contribution < -0.4 is 0 Å². The summed E-state index contributed by atoms with van der Waals surface area (Å²) in [7, 11) is 0. The first-order valence-corrected chi connectivity index (χ1v) is 27.1. The molecule has 0 aliphatic rings. The molecule has 0 aromatic rings. The molecule has 0 aliphatic carbocycles. The summed E-state index contributed by atoms with van der Waals surface area (Å²) in [5, 5.41) is 9.61. The molecule has 0 amide bonds. The fourth-order valence-corrected chi connectivity index (χ4v) is 7.62. The van der Waals surface area contributed by atoms with Gasteiger partial charge in [0.1, 0.15) is 6.61 Å². The Balaban J connectivity index is 3.43. The monoisotopic (exact) mass is 891 g/mol. The lowest BCUT2D eigenvalue weighted by atomic mass is 10.0. The summed E-state index contributed by atoms with van der Waals surface area (Å²) < 4.78 is 10.7. The van der Waals surface area contributed by atoms with Crippen LogP contribution in [0.25, 0.3) is 0 Å². The number of carbonyl (C=O) groups excluding carboxylic acids is 2. The maximum absolute atomic E-state index is 12.3. The van der Waals surface area contributed by atoms with Crippen molar-refractivity contribution in [3.8, 4) is 0 Å². The molecular formula is C59H102O5. The van der Waals surface area contributed by atoms with Gasteiger partial charge in [-0.3, -0.25) is 9.59 Å². The van der Waals surface area contributed by atoms with Gasteiger partial charge in [-0.05, 0) is 83.5 Å². The van der Waals surface area contributed by atoms with Crippen molar-refractivity contribution in [3.05, 3.63) is 85.1 Å². The third kappa shape index (κ3) is 51.7. The molecule has 5 nitrogen and oxygen atoms in total. The Kier molecular flexibility index (Phi) is 51.9. The minimum Gasteiger partial charge on any atom is -0.462 e. The molecule has 0 saturated heterocycles. The lowest BCUT2D eigenvalue weighted by Gasteiger charge is -2.15. The quantitative estimate of drug-likeness (QED) is 0.0374. The van der Waals surface area contributed by atoms with Crippen molar-refractivity contribution in [3.63, 3.8) is 0 Å². The summed E-state index contributed by atoms with van der Waals surface area (Å²) >= 11 is 0. The molecule has 64 heavy (non-hydrogen) atoms. The number of rotatable bonds is 49. The van der Waals surface area contributed by atoms with Gasteiger partial charge in [-0.15, -0.1) is 0 Å². The normalized spacial score (nSPS) is 12.9. The number of aliphatic hydroxyl groups excluding tert-OH is 1. The van der Waals surface area contributed by atoms with E-state index in [-0.39, 0.29) is 25.2 Å². The van der Waals surface area contributed by atoms with Gasteiger partial charge in [-0.25, -0.2) is 0 Å². The lowest BCUT2D eigenvalue weighted by molar-refractivity contribution is -0.161. The molecule has 368 valence electrons. The zero-order valence-corrected chi connectivity index (χ0v) is 42.0. The van der Waals surface area contributed by atoms with Gasteiger partial charge < -0.3 is 14.6 Å². The Morgan fingerprint density at radius 1 is 0.375 bits per heavy atom. The van der Waals surface area contributed by atoms with Gasteiger partial charge in [0.2, 0.25) is 0 Å². The first-order chi connectivity index (χ1) is 31.6. The average Bonchev–Trinajstić information content (AvgIpc) is 3.30. The molecule has 1 N–H and O–H groups in total. The third-order valence-corrected chi connectivity index (χ3v) is 11.7. The van der Waals surface area contributed by atoms with E-state index >= 15 is 0 Å². The van der Waals surface area contributed by atoms with E-state index in [4.69, 9.17) is 9.47 Å². The fourth-order valence-electron chi connectivity index (χ4n) is 7.62. The van der Waals surface area contributed by atoms with Crippen LogP contribution in [0.2, 0.25) is 0 Å². The van der Waals surface area contributed by atoms with Gasteiger partial charge in [-0.2, -0.15) is 0 Å². The molecule has 5 heteroatoms. The van der Waals surface area contributed by atoms with Crippen LogP contribution in [0, 0.1) is 0 Å². The highest BCUT2D eigenvalue weighted by Crippen LogP contribution is 2.16. The number of hydrogen-bond donors (Lipinski definition) is 1. The van der Waals surface area contributed by atoms with Crippen LogP contribution in [0.5, 0.6) is 0 Å². The fraction of sp³-hybridized carbons (Fsp3) is 0.729. The molecule has 0 aromatic carbocycles. The molecule has 0 aromatic heterocycles. The van der Waals surface area contributed by atoms with Crippen LogP contribution in [-0.4, -0.2) is 36.4 Å². The molecule has 0 bridgehead atoms. The number of ether oxygens (including phenoxy) is 2. The number of hydrogen-bond acceptors (Lipinski definition) is 5. The average molecular weight is 891 g/mol. The first-order valence-electron chi connectivity index (χ1n) is 27.1. The molecule has 0 fully saturated rings. The van der Waals surface area contributed by atoms with Crippen molar-refractivity contribution in [2.75, 3.05) is 13.2 Å². The zero-order chi connectivity index (χ0) is 46.3. The summed E-state index contributed by atoms with van der Waals surface area (Å²) in [5.41, 5.74) is 0. The van der Waals surface area contributed by atoms with Crippen molar-refractivity contribution >= 4 is 11.9 Å². The van der Waals surface area contributed by atoms with Gasteiger partial charge in [0.25, 0.3) is 0 Å². The first kappa shape index (κ1) is 61.1. The Bertz CT molecular complexity index is 1190. The Morgan fingerprint density at radius 3 is 1.02 bits per heavy atom. The maximum atomic E-state index is 12.3. The highest BCUT2D eigenvalue weighted by Gasteiger charge is 2.16. The third-order valence-electron chi connectivity index (χ3n) is 11.7. The highest BCUT2D eigenvalue weighted by atomic mass is 16.6. The molecule has 0 rings (SSSR count). The van der Waals surface area contributed by atoms with Crippen LogP contribution in [0.1, 0.15) is 258 Å². The summed E-state index contributed by atoms with van der Waals surface area (Å²) in [6.07, 6.45) is 75.7. The van der Waals surface area contributed by atoms with E-state index in [9.17, 15) is 14.7 Å². The molecule has 1 atom stereocenters. The van der Waals surface area contributed by atoms with Crippen molar-refractivity contribution in [2.45, 2.75) is 264 Å². The smallest absolute Gasteiger partial charge is 0.306 e. The highest BCUT2D eigenvalue weighted by molar-refractivity contribution is 5.70. The summed E-state index contributed by atoms with van der Waals surface area (Å²) in [5.74, 6) is -0.602. The zero-order valence-electron chi connectivity index (χ0n) is 42.0. The van der Waals surface area contributed by atoms with Gasteiger partial charge in [0, 0.05) is 12.8 Å². The topological polar surface area (TPSA) is 72.8 Å². The second kappa shape index (κ2) is 54.4. The SMILES string of the molecule is CC/C=C\C/C=C\C/C=C\C/C=C\C/C=C\CCCCCCCCCCCCCCCCCCCCCCCC(=O)OC(CO)COC(=O)CCCCCCC/C=C\C/C=C\CCC. The van der Waals surface area contributed by atoms with Crippen LogP contribution in [0.3, 0.4) is 0 Å². The van der Waals surface area contributed by atoms with E-state index in [0.717, 1.165) is 89.9 Å². The minimum atomic E-state index is -0.778. The van der Waals surface area contributed by atoms with Gasteiger partial charge in [0.15, 0.2) is 6.10 Å².